The molecule has 0 bridgehead atoms. The van der Waals surface area contributed by atoms with Gasteiger partial charge in [0.1, 0.15) is 11.5 Å². The van der Waals surface area contributed by atoms with Gasteiger partial charge in [0.25, 0.3) is 0 Å². The first kappa shape index (κ1) is 28.3. The minimum atomic E-state index is -0.870. The van der Waals surface area contributed by atoms with Crippen molar-refractivity contribution in [2.45, 2.75) is 64.1 Å². The van der Waals surface area contributed by atoms with Gasteiger partial charge in [0.05, 0.1) is 36.6 Å². The Labute approximate surface area is 240 Å². The lowest BCUT2D eigenvalue weighted by Gasteiger charge is -2.43. The zero-order valence-corrected chi connectivity index (χ0v) is 24.5. The van der Waals surface area contributed by atoms with Gasteiger partial charge in [-0.1, -0.05) is 31.0 Å². The van der Waals surface area contributed by atoms with Gasteiger partial charge < -0.3 is 20.1 Å². The Morgan fingerprint density at radius 2 is 1.88 bits per heavy atom. The highest BCUT2D eigenvalue weighted by Crippen LogP contribution is 2.42. The van der Waals surface area contributed by atoms with E-state index in [0.717, 1.165) is 30.9 Å². The van der Waals surface area contributed by atoms with Crippen molar-refractivity contribution < 1.29 is 23.0 Å². The van der Waals surface area contributed by atoms with Crippen LogP contribution in [-0.2, 0) is 11.3 Å². The van der Waals surface area contributed by atoms with Crippen LogP contribution < -0.4 is 15.2 Å². The number of hydrogen-bond donors (Lipinski definition) is 1. The first-order chi connectivity index (χ1) is 19.2. The van der Waals surface area contributed by atoms with Gasteiger partial charge in [-0.05, 0) is 71.3 Å². The van der Waals surface area contributed by atoms with E-state index in [1.807, 2.05) is 18.2 Å². The molecule has 2 aliphatic carbocycles. The van der Waals surface area contributed by atoms with Gasteiger partial charge in [0.15, 0.2) is 17.3 Å². The molecule has 1 aromatic heterocycles. The number of methoxy groups -OCH3 is 2. The third-order valence-electron chi connectivity index (χ3n) is 8.37. The third-order valence-corrected chi connectivity index (χ3v) is 9.10. The number of rotatable bonds is 8. The summed E-state index contributed by atoms with van der Waals surface area (Å²) in [6, 6.07) is 7.08. The molecular formula is C29H34BrF2N5O3. The Kier molecular flexibility index (Phi) is 8.30. The van der Waals surface area contributed by atoms with E-state index in [2.05, 4.69) is 38.1 Å². The fourth-order valence-electron chi connectivity index (χ4n) is 5.93. The maximum Gasteiger partial charge on any atom is 0.226 e. The standard InChI is InChI=1S/C29H34BrF2N5O3/c1-16-6-4-5-7-23(16)36(14-17-8-9-24(39-2)25(10-17)40-3)29(38)18-11-19(12-18)37-15-22(34-35-37)20-13-21(31)26(30)27(32)28(20)33/h8-10,13,15-16,18-19,23H,4-7,11-12,14,33H2,1-3H3. The summed E-state index contributed by atoms with van der Waals surface area (Å²) >= 11 is 2.86. The molecule has 2 atom stereocenters. The minimum Gasteiger partial charge on any atom is -0.493 e. The number of benzene rings is 2. The maximum atomic E-state index is 14.3. The molecule has 2 saturated carbocycles. The molecular weight excluding hydrogens is 584 g/mol. The second-order valence-electron chi connectivity index (χ2n) is 10.8. The predicted octanol–water partition coefficient (Wildman–Crippen LogP) is 6.14. The van der Waals surface area contributed by atoms with Crippen molar-refractivity contribution in [2.24, 2.45) is 11.8 Å². The molecule has 2 aromatic carbocycles. The predicted molar refractivity (Wildman–Crippen MR) is 151 cm³/mol. The number of carbonyl (C=O) groups is 1. The van der Waals surface area contributed by atoms with Gasteiger partial charge in [-0.2, -0.15) is 0 Å². The fourth-order valence-corrected chi connectivity index (χ4v) is 6.26. The van der Waals surface area contributed by atoms with Crippen LogP contribution in [0.2, 0.25) is 0 Å². The monoisotopic (exact) mass is 617 g/mol. The zero-order valence-electron chi connectivity index (χ0n) is 22.9. The highest BCUT2D eigenvalue weighted by molar-refractivity contribution is 9.10. The molecule has 0 spiro atoms. The molecule has 5 rings (SSSR count). The quantitative estimate of drug-likeness (QED) is 0.241. The Hall–Kier alpha value is -3.21. The average molecular weight is 619 g/mol. The summed E-state index contributed by atoms with van der Waals surface area (Å²) in [4.78, 5) is 16.0. The highest BCUT2D eigenvalue weighted by Gasteiger charge is 2.41. The van der Waals surface area contributed by atoms with Crippen molar-refractivity contribution in [3.63, 3.8) is 0 Å². The molecule has 8 nitrogen and oxygen atoms in total. The molecule has 214 valence electrons. The number of carbonyl (C=O) groups excluding carboxylic acids is 1. The first-order valence-electron chi connectivity index (χ1n) is 13.6. The van der Waals surface area contributed by atoms with Crippen LogP contribution in [-0.4, -0.2) is 46.1 Å². The molecule has 3 aromatic rings. The van der Waals surface area contributed by atoms with E-state index < -0.39 is 11.6 Å². The topological polar surface area (TPSA) is 95.5 Å². The van der Waals surface area contributed by atoms with Crippen LogP contribution in [0.5, 0.6) is 11.5 Å². The summed E-state index contributed by atoms with van der Waals surface area (Å²) in [6.45, 7) is 2.74. The highest BCUT2D eigenvalue weighted by atomic mass is 79.9. The summed E-state index contributed by atoms with van der Waals surface area (Å²) in [6.07, 6.45) is 7.26. The van der Waals surface area contributed by atoms with Crippen LogP contribution in [0, 0.1) is 23.5 Å². The SMILES string of the molecule is COc1ccc(CN(C(=O)C2CC(n3cc(-c4cc(F)c(Br)c(F)c4N)nn3)C2)C2CCCCC2C)cc1OC. The van der Waals surface area contributed by atoms with E-state index >= 15 is 0 Å². The van der Waals surface area contributed by atoms with E-state index in [4.69, 9.17) is 15.2 Å². The lowest BCUT2D eigenvalue weighted by molar-refractivity contribution is -0.145. The van der Waals surface area contributed by atoms with Crippen LogP contribution in [0.3, 0.4) is 0 Å². The van der Waals surface area contributed by atoms with E-state index in [1.165, 1.54) is 6.42 Å². The Balaban J connectivity index is 1.32. The van der Waals surface area contributed by atoms with Crippen molar-refractivity contribution in [1.82, 2.24) is 19.9 Å². The van der Waals surface area contributed by atoms with E-state index in [1.54, 1.807) is 25.1 Å². The second-order valence-corrected chi connectivity index (χ2v) is 11.6. The number of anilines is 1. The summed E-state index contributed by atoms with van der Waals surface area (Å²) in [5.41, 5.74) is 7.09. The Morgan fingerprint density at radius 1 is 1.15 bits per heavy atom. The van der Waals surface area contributed by atoms with Crippen molar-refractivity contribution in [2.75, 3.05) is 20.0 Å². The zero-order chi connectivity index (χ0) is 28.6. The van der Waals surface area contributed by atoms with Gasteiger partial charge in [-0.15, -0.1) is 5.10 Å². The second kappa shape index (κ2) is 11.7. The lowest BCUT2D eigenvalue weighted by atomic mass is 9.77. The summed E-state index contributed by atoms with van der Waals surface area (Å²) < 4.78 is 40.6. The van der Waals surface area contributed by atoms with E-state index in [9.17, 15) is 13.6 Å². The number of nitrogen functional groups attached to an aromatic ring is 1. The van der Waals surface area contributed by atoms with E-state index in [-0.39, 0.29) is 45.3 Å². The first-order valence-corrected chi connectivity index (χ1v) is 14.4. The van der Waals surface area contributed by atoms with E-state index in [0.29, 0.717) is 36.8 Å². The van der Waals surface area contributed by atoms with Gasteiger partial charge in [0, 0.05) is 24.1 Å². The molecule has 2 fully saturated rings. The smallest absolute Gasteiger partial charge is 0.226 e. The number of nitrogens with zero attached hydrogens (tertiary/aromatic N) is 4. The number of ether oxygens (including phenoxy) is 2. The van der Waals surface area contributed by atoms with Gasteiger partial charge in [-0.3, -0.25) is 4.79 Å². The van der Waals surface area contributed by atoms with Crippen molar-refractivity contribution in [3.05, 3.63) is 52.1 Å². The normalized spacial score (nSPS) is 22.4. The molecule has 11 heteroatoms. The molecule has 1 heterocycles. The lowest BCUT2D eigenvalue weighted by Crippen LogP contribution is -2.49. The van der Waals surface area contributed by atoms with Crippen LogP contribution in [0.4, 0.5) is 14.5 Å². The molecule has 0 saturated heterocycles. The minimum absolute atomic E-state index is 0.0340. The Morgan fingerprint density at radius 3 is 2.58 bits per heavy atom. The number of amides is 1. The largest absolute Gasteiger partial charge is 0.493 e. The summed E-state index contributed by atoms with van der Waals surface area (Å²) in [5, 5.41) is 8.29. The van der Waals surface area contributed by atoms with Crippen LogP contribution in [0.25, 0.3) is 11.3 Å². The number of halogens is 3. The molecule has 2 N–H and O–H groups in total. The Bertz CT molecular complexity index is 1390. The van der Waals surface area contributed by atoms with Crippen molar-refractivity contribution in [3.8, 4) is 22.8 Å². The number of nitrogens with two attached hydrogens (primary N) is 1. The third kappa shape index (κ3) is 5.40. The molecule has 40 heavy (non-hydrogen) atoms. The fraction of sp³-hybridized carbons (Fsp3) is 0.483. The summed E-state index contributed by atoms with van der Waals surface area (Å²) in [5.74, 6) is 0.0812. The van der Waals surface area contributed by atoms with Crippen molar-refractivity contribution >= 4 is 27.5 Å². The maximum absolute atomic E-state index is 14.3. The van der Waals surface area contributed by atoms with Crippen LogP contribution in [0.1, 0.15) is 57.1 Å². The van der Waals surface area contributed by atoms with Crippen molar-refractivity contribution in [1.29, 1.82) is 0 Å². The molecule has 2 unspecified atom stereocenters. The van der Waals surface area contributed by atoms with Gasteiger partial charge in [-0.25, -0.2) is 13.5 Å². The molecule has 1 amide bonds. The van der Waals surface area contributed by atoms with Gasteiger partial charge in [0.2, 0.25) is 5.91 Å². The number of hydrogen-bond acceptors (Lipinski definition) is 6. The molecule has 0 aliphatic heterocycles. The molecule has 0 radical (unpaired) electrons. The molecule has 2 aliphatic rings. The number of aromatic nitrogens is 3. The summed E-state index contributed by atoms with van der Waals surface area (Å²) in [7, 11) is 3.21. The van der Waals surface area contributed by atoms with Gasteiger partial charge >= 0.3 is 0 Å². The average Bonchev–Trinajstić information content (AvgIpc) is 3.41. The van der Waals surface area contributed by atoms with Crippen LogP contribution >= 0.6 is 15.9 Å². The van der Waals surface area contributed by atoms with Crippen LogP contribution in [0.15, 0.2) is 34.9 Å².